The normalized spacial score (nSPS) is 12.8. The zero-order valence-corrected chi connectivity index (χ0v) is 22.9. The number of hydrogen-bond donors (Lipinski definition) is 0. The summed E-state index contributed by atoms with van der Waals surface area (Å²) in [5.74, 6) is 0. The predicted molar refractivity (Wildman–Crippen MR) is 153 cm³/mol. The van der Waals surface area contributed by atoms with E-state index in [0.717, 1.165) is 19.4 Å². The van der Waals surface area contributed by atoms with Crippen LogP contribution in [-0.4, -0.2) is 4.57 Å². The van der Waals surface area contributed by atoms with Gasteiger partial charge in [0.1, 0.15) is 0 Å². The number of rotatable bonds is 5. The highest BCUT2D eigenvalue weighted by Gasteiger charge is 2.20. The lowest BCUT2D eigenvalue weighted by Crippen LogP contribution is -2.10. The Labute approximate surface area is 212 Å². The van der Waals surface area contributed by atoms with Crippen molar-refractivity contribution >= 4 is 44.5 Å². The molecule has 0 radical (unpaired) electrons. The maximum Gasteiger partial charge on any atom is 0.0491 e. The first-order valence-corrected chi connectivity index (χ1v) is 14.0. The summed E-state index contributed by atoms with van der Waals surface area (Å²) in [4.78, 5) is 4.25. The van der Waals surface area contributed by atoms with E-state index in [1.165, 1.54) is 47.6 Å². The summed E-state index contributed by atoms with van der Waals surface area (Å²) in [6, 6.07) is 23.2. The monoisotopic (exact) mass is 485 g/mol. The molecule has 176 valence electrons. The third-order valence-corrected chi connectivity index (χ3v) is 9.04. The Kier molecular flexibility index (Phi) is 5.98. The van der Waals surface area contributed by atoms with Gasteiger partial charge in [-0.1, -0.05) is 59.7 Å². The Balaban J connectivity index is 1.49. The molecule has 2 aromatic carbocycles. The number of thiophene rings is 2. The van der Waals surface area contributed by atoms with E-state index in [9.17, 15) is 0 Å². The lowest BCUT2D eigenvalue weighted by Gasteiger charge is -2.19. The van der Waals surface area contributed by atoms with Crippen molar-refractivity contribution in [1.29, 1.82) is 0 Å². The molecular formula is C31H35NS2. The second-order valence-corrected chi connectivity index (χ2v) is 13.6. The zero-order chi connectivity index (χ0) is 24.1. The van der Waals surface area contributed by atoms with Crippen LogP contribution in [-0.2, 0) is 23.8 Å². The molecule has 0 N–H and O–H groups in total. The number of aryl methyl sites for hydroxylation is 2. The molecule has 0 aliphatic rings. The first-order chi connectivity index (χ1) is 16.1. The molecule has 0 fully saturated rings. The minimum Gasteiger partial charge on any atom is -0.340 e. The number of fused-ring (bicyclic) bond motifs is 3. The molecule has 5 aromatic rings. The van der Waals surface area contributed by atoms with Gasteiger partial charge >= 0.3 is 0 Å². The summed E-state index contributed by atoms with van der Waals surface area (Å²) in [7, 11) is 0. The van der Waals surface area contributed by atoms with Crippen molar-refractivity contribution in [3.63, 3.8) is 0 Å². The highest BCUT2D eigenvalue weighted by atomic mass is 32.1. The van der Waals surface area contributed by atoms with Crippen LogP contribution in [0.4, 0.5) is 0 Å². The molecule has 3 heterocycles. The number of nitrogens with zero attached hydrogens (tertiary/aromatic N) is 1. The van der Waals surface area contributed by atoms with Crippen LogP contribution in [0.25, 0.3) is 31.6 Å². The Bertz CT molecular complexity index is 1360. The van der Waals surface area contributed by atoms with Crippen molar-refractivity contribution in [1.82, 2.24) is 4.57 Å². The third-order valence-electron chi connectivity index (χ3n) is 6.83. The molecule has 0 spiro atoms. The summed E-state index contributed by atoms with van der Waals surface area (Å²) in [6.45, 7) is 14.9. The molecule has 0 aliphatic heterocycles. The summed E-state index contributed by atoms with van der Waals surface area (Å²) >= 11 is 3.77. The molecule has 5 rings (SSSR count). The van der Waals surface area contributed by atoms with Gasteiger partial charge in [-0.05, 0) is 82.6 Å². The van der Waals surface area contributed by atoms with E-state index in [2.05, 4.69) is 112 Å². The van der Waals surface area contributed by atoms with Crippen LogP contribution in [0, 0.1) is 0 Å². The largest absolute Gasteiger partial charge is 0.340 e. The SMILES string of the molecule is CC(C)(C)c1ccc2c(c1)c1cc(C(C)(C)C)ccc1n2CCCc1ccc(-c2cccs2)s1. The van der Waals surface area contributed by atoms with E-state index in [4.69, 9.17) is 0 Å². The molecule has 0 aliphatic carbocycles. The number of hydrogen-bond acceptors (Lipinski definition) is 2. The lowest BCUT2D eigenvalue weighted by molar-refractivity contribution is 0.590. The fourth-order valence-corrected chi connectivity index (χ4v) is 6.64. The summed E-state index contributed by atoms with van der Waals surface area (Å²) in [5, 5.41) is 4.95. The van der Waals surface area contributed by atoms with Crippen LogP contribution in [0.2, 0.25) is 0 Å². The third kappa shape index (κ3) is 4.48. The van der Waals surface area contributed by atoms with E-state index < -0.39 is 0 Å². The van der Waals surface area contributed by atoms with E-state index in [1.807, 2.05) is 22.7 Å². The van der Waals surface area contributed by atoms with E-state index in [1.54, 1.807) is 0 Å². The minimum absolute atomic E-state index is 0.143. The van der Waals surface area contributed by atoms with Crippen molar-refractivity contribution in [2.45, 2.75) is 71.8 Å². The zero-order valence-electron chi connectivity index (χ0n) is 21.2. The smallest absolute Gasteiger partial charge is 0.0491 e. The van der Waals surface area contributed by atoms with Crippen molar-refractivity contribution in [3.05, 3.63) is 82.0 Å². The first-order valence-electron chi connectivity index (χ1n) is 12.3. The molecule has 0 atom stereocenters. The predicted octanol–water partition coefficient (Wildman–Crippen LogP) is 9.81. The standard InChI is InChI=1S/C31H35NS2/c1-30(2,3)21-11-14-26-24(19-21)25-20-22(31(4,5)6)12-15-27(25)32(26)17-7-9-23-13-16-29(34-23)28-10-8-18-33-28/h8,10-16,18-20H,7,9,17H2,1-6H3. The minimum atomic E-state index is 0.143. The molecule has 0 unspecified atom stereocenters. The molecular weight excluding hydrogens is 450 g/mol. The fourth-order valence-electron chi connectivity index (χ4n) is 4.75. The average Bonchev–Trinajstić information content (AvgIpc) is 3.52. The van der Waals surface area contributed by atoms with Gasteiger partial charge < -0.3 is 4.57 Å². The fraction of sp³-hybridized carbons (Fsp3) is 0.355. The van der Waals surface area contributed by atoms with Gasteiger partial charge in [0.2, 0.25) is 0 Å². The van der Waals surface area contributed by atoms with Gasteiger partial charge in [0.15, 0.2) is 0 Å². The molecule has 0 saturated heterocycles. The Morgan fingerprint density at radius 1 is 0.706 bits per heavy atom. The van der Waals surface area contributed by atoms with E-state index in [0.29, 0.717) is 0 Å². The first kappa shape index (κ1) is 23.4. The van der Waals surface area contributed by atoms with E-state index >= 15 is 0 Å². The van der Waals surface area contributed by atoms with Crippen molar-refractivity contribution < 1.29 is 0 Å². The number of benzene rings is 2. The second kappa shape index (κ2) is 8.70. The highest BCUT2D eigenvalue weighted by molar-refractivity contribution is 7.21. The van der Waals surface area contributed by atoms with Crippen LogP contribution in [0.15, 0.2) is 66.0 Å². The van der Waals surface area contributed by atoms with Gasteiger partial charge in [-0.25, -0.2) is 0 Å². The van der Waals surface area contributed by atoms with Crippen molar-refractivity contribution in [3.8, 4) is 9.75 Å². The number of aromatic nitrogens is 1. The van der Waals surface area contributed by atoms with Crippen LogP contribution in [0.5, 0.6) is 0 Å². The Morgan fingerprint density at radius 2 is 1.32 bits per heavy atom. The average molecular weight is 486 g/mol. The topological polar surface area (TPSA) is 4.93 Å². The Hall–Kier alpha value is -2.36. The van der Waals surface area contributed by atoms with Crippen LogP contribution < -0.4 is 0 Å². The van der Waals surface area contributed by atoms with Crippen molar-refractivity contribution in [2.75, 3.05) is 0 Å². The van der Waals surface area contributed by atoms with Crippen LogP contribution in [0.1, 0.15) is 64.0 Å². The molecule has 0 bridgehead atoms. The molecule has 34 heavy (non-hydrogen) atoms. The van der Waals surface area contributed by atoms with Crippen LogP contribution in [0.3, 0.4) is 0 Å². The van der Waals surface area contributed by atoms with Gasteiger partial charge in [-0.15, -0.1) is 22.7 Å². The summed E-state index contributed by atoms with van der Waals surface area (Å²) in [6.07, 6.45) is 2.27. The molecule has 3 aromatic heterocycles. The summed E-state index contributed by atoms with van der Waals surface area (Å²) in [5.41, 5.74) is 5.81. The van der Waals surface area contributed by atoms with E-state index in [-0.39, 0.29) is 10.8 Å². The highest BCUT2D eigenvalue weighted by Crippen LogP contribution is 2.36. The quantitative estimate of drug-likeness (QED) is 0.233. The second-order valence-electron chi connectivity index (χ2n) is 11.5. The molecule has 0 amide bonds. The van der Waals surface area contributed by atoms with Gasteiger partial charge in [-0.3, -0.25) is 0 Å². The van der Waals surface area contributed by atoms with Gasteiger partial charge in [0, 0.05) is 43.0 Å². The van der Waals surface area contributed by atoms with Crippen molar-refractivity contribution in [2.24, 2.45) is 0 Å². The Morgan fingerprint density at radius 3 is 1.85 bits per heavy atom. The van der Waals surface area contributed by atoms with Gasteiger partial charge in [0.25, 0.3) is 0 Å². The van der Waals surface area contributed by atoms with Gasteiger partial charge in [0.05, 0.1) is 0 Å². The maximum atomic E-state index is 2.55. The van der Waals surface area contributed by atoms with Crippen LogP contribution >= 0.6 is 22.7 Å². The van der Waals surface area contributed by atoms with Gasteiger partial charge in [-0.2, -0.15) is 0 Å². The summed E-state index contributed by atoms with van der Waals surface area (Å²) < 4.78 is 2.55. The molecule has 1 nitrogen and oxygen atoms in total. The lowest BCUT2D eigenvalue weighted by atomic mass is 9.85. The molecule has 0 saturated carbocycles. The maximum absolute atomic E-state index is 2.55. The molecule has 3 heteroatoms.